The third-order valence-electron chi connectivity index (χ3n) is 4.17. The highest BCUT2D eigenvalue weighted by Gasteiger charge is 2.28. The second-order valence-corrected chi connectivity index (χ2v) is 5.99. The van der Waals surface area contributed by atoms with Gasteiger partial charge in [-0.05, 0) is 39.3 Å². The number of nitrogens with one attached hydrogen (secondary N) is 1. The van der Waals surface area contributed by atoms with Crippen LogP contribution in [0.25, 0.3) is 0 Å². The van der Waals surface area contributed by atoms with Crippen molar-refractivity contribution in [2.45, 2.75) is 71.1 Å². The predicted molar refractivity (Wildman–Crippen MR) is 84.1 cm³/mol. The molecule has 20 heavy (non-hydrogen) atoms. The Labute approximate surface area is 124 Å². The van der Waals surface area contributed by atoms with E-state index in [4.69, 9.17) is 4.74 Å². The molecule has 1 heterocycles. The number of piperidine rings is 1. The molecule has 1 fully saturated rings. The van der Waals surface area contributed by atoms with Gasteiger partial charge in [-0.3, -0.25) is 4.90 Å². The maximum Gasteiger partial charge on any atom is 0.0900 e. The molecule has 1 aliphatic heterocycles. The van der Waals surface area contributed by atoms with E-state index in [1.807, 2.05) is 0 Å². The first kappa shape index (κ1) is 17.9. The van der Waals surface area contributed by atoms with E-state index in [-0.39, 0.29) is 6.10 Å². The minimum Gasteiger partial charge on any atom is -0.389 e. The first-order valence-corrected chi connectivity index (χ1v) is 8.42. The Bertz CT molecular complexity index is 239. The van der Waals surface area contributed by atoms with Crippen molar-refractivity contribution in [3.05, 3.63) is 0 Å². The molecule has 0 aromatic rings. The van der Waals surface area contributed by atoms with Crippen molar-refractivity contribution in [1.29, 1.82) is 0 Å². The fourth-order valence-corrected chi connectivity index (χ4v) is 3.06. The number of aliphatic hydroxyl groups excluding tert-OH is 1. The molecule has 2 N–H and O–H groups in total. The molecular formula is C16H34N2O2. The summed E-state index contributed by atoms with van der Waals surface area (Å²) < 4.78 is 5.53. The van der Waals surface area contributed by atoms with Crippen LogP contribution in [0.15, 0.2) is 0 Å². The van der Waals surface area contributed by atoms with Crippen LogP contribution in [0.4, 0.5) is 0 Å². The maximum atomic E-state index is 10.1. The minimum absolute atomic E-state index is 0.360. The summed E-state index contributed by atoms with van der Waals surface area (Å²) in [5.41, 5.74) is 0. The zero-order valence-electron chi connectivity index (χ0n) is 13.6. The molecule has 0 aromatic carbocycles. The van der Waals surface area contributed by atoms with E-state index in [0.717, 1.165) is 39.1 Å². The van der Waals surface area contributed by atoms with Gasteiger partial charge < -0.3 is 15.2 Å². The molecule has 0 radical (unpaired) electrons. The highest BCUT2D eigenvalue weighted by Crippen LogP contribution is 2.20. The molecule has 0 spiro atoms. The van der Waals surface area contributed by atoms with Crippen LogP contribution in [0.3, 0.4) is 0 Å². The quantitative estimate of drug-likeness (QED) is 0.603. The molecule has 3 unspecified atom stereocenters. The topological polar surface area (TPSA) is 44.7 Å². The first-order valence-electron chi connectivity index (χ1n) is 8.42. The second kappa shape index (κ2) is 10.6. The van der Waals surface area contributed by atoms with Gasteiger partial charge >= 0.3 is 0 Å². The van der Waals surface area contributed by atoms with Gasteiger partial charge in [0.1, 0.15) is 0 Å². The SMILES string of the molecule is CCCCOCC(O)CN1CCCCC1C(C)NCC. The van der Waals surface area contributed by atoms with Crippen molar-refractivity contribution in [3.8, 4) is 0 Å². The summed E-state index contributed by atoms with van der Waals surface area (Å²) >= 11 is 0. The molecule has 0 amide bonds. The molecule has 0 aromatic heterocycles. The number of hydrogen-bond donors (Lipinski definition) is 2. The molecule has 1 aliphatic rings. The molecule has 0 aliphatic carbocycles. The number of likely N-dealkylation sites (tertiary alicyclic amines) is 1. The third-order valence-corrected chi connectivity index (χ3v) is 4.17. The van der Waals surface area contributed by atoms with Crippen molar-refractivity contribution in [2.24, 2.45) is 0 Å². The van der Waals surface area contributed by atoms with Crippen molar-refractivity contribution in [1.82, 2.24) is 10.2 Å². The first-order chi connectivity index (χ1) is 9.69. The lowest BCUT2D eigenvalue weighted by Crippen LogP contribution is -2.53. The number of β-amino-alcohol motifs (C(OH)–C–C–N with tert-alkyl or cyclic N) is 1. The number of nitrogens with zero attached hydrogens (tertiary/aromatic N) is 1. The molecule has 0 saturated carbocycles. The van der Waals surface area contributed by atoms with Crippen LogP contribution in [-0.4, -0.2) is 61.0 Å². The van der Waals surface area contributed by atoms with Gasteiger partial charge in [0.05, 0.1) is 12.7 Å². The summed E-state index contributed by atoms with van der Waals surface area (Å²) in [7, 11) is 0. The minimum atomic E-state index is -0.360. The van der Waals surface area contributed by atoms with Crippen LogP contribution in [0.2, 0.25) is 0 Å². The van der Waals surface area contributed by atoms with Gasteiger partial charge in [-0.15, -0.1) is 0 Å². The lowest BCUT2D eigenvalue weighted by molar-refractivity contribution is -0.00267. The average molecular weight is 286 g/mol. The van der Waals surface area contributed by atoms with E-state index >= 15 is 0 Å². The van der Waals surface area contributed by atoms with Gasteiger partial charge in [-0.2, -0.15) is 0 Å². The summed E-state index contributed by atoms with van der Waals surface area (Å²) in [6, 6.07) is 1.04. The summed E-state index contributed by atoms with van der Waals surface area (Å²) in [5.74, 6) is 0. The Morgan fingerprint density at radius 1 is 1.35 bits per heavy atom. The van der Waals surface area contributed by atoms with Crippen LogP contribution < -0.4 is 5.32 Å². The fourth-order valence-electron chi connectivity index (χ4n) is 3.06. The van der Waals surface area contributed by atoms with Crippen molar-refractivity contribution < 1.29 is 9.84 Å². The van der Waals surface area contributed by atoms with Gasteiger partial charge in [0.2, 0.25) is 0 Å². The van der Waals surface area contributed by atoms with Crippen molar-refractivity contribution >= 4 is 0 Å². The highest BCUT2D eigenvalue weighted by atomic mass is 16.5. The molecule has 0 bridgehead atoms. The molecule has 3 atom stereocenters. The van der Waals surface area contributed by atoms with Gasteiger partial charge in [0.15, 0.2) is 0 Å². The van der Waals surface area contributed by atoms with E-state index in [1.165, 1.54) is 19.3 Å². The summed E-state index contributed by atoms with van der Waals surface area (Å²) in [4.78, 5) is 2.45. The van der Waals surface area contributed by atoms with Crippen LogP contribution in [-0.2, 0) is 4.74 Å². The number of likely N-dealkylation sites (N-methyl/N-ethyl adjacent to an activating group) is 1. The summed E-state index contributed by atoms with van der Waals surface area (Å²) in [6.07, 6.45) is 5.65. The lowest BCUT2D eigenvalue weighted by atomic mass is 9.96. The monoisotopic (exact) mass is 286 g/mol. The summed E-state index contributed by atoms with van der Waals surface area (Å²) in [5, 5.41) is 13.7. The smallest absolute Gasteiger partial charge is 0.0900 e. The fraction of sp³-hybridized carbons (Fsp3) is 1.00. The van der Waals surface area contributed by atoms with E-state index in [2.05, 4.69) is 31.0 Å². The number of unbranched alkanes of at least 4 members (excludes halogenated alkanes) is 1. The zero-order valence-corrected chi connectivity index (χ0v) is 13.6. The van der Waals surface area contributed by atoms with E-state index in [1.54, 1.807) is 0 Å². The van der Waals surface area contributed by atoms with Gasteiger partial charge in [-0.1, -0.05) is 26.7 Å². The third kappa shape index (κ3) is 6.53. The van der Waals surface area contributed by atoms with E-state index < -0.39 is 0 Å². The largest absolute Gasteiger partial charge is 0.389 e. The van der Waals surface area contributed by atoms with E-state index in [9.17, 15) is 5.11 Å². The number of ether oxygens (including phenoxy) is 1. The average Bonchev–Trinajstić information content (AvgIpc) is 2.44. The zero-order chi connectivity index (χ0) is 14.8. The molecule has 1 rings (SSSR count). The predicted octanol–water partition coefficient (Wildman–Crippen LogP) is 2.02. The molecule has 1 saturated heterocycles. The Hall–Kier alpha value is -0.160. The van der Waals surface area contributed by atoms with Gasteiger partial charge in [-0.25, -0.2) is 0 Å². The summed E-state index contributed by atoms with van der Waals surface area (Å²) in [6.45, 7) is 10.7. The molecule has 4 nitrogen and oxygen atoms in total. The van der Waals surface area contributed by atoms with Crippen LogP contribution in [0.5, 0.6) is 0 Å². The Kier molecular flexibility index (Phi) is 9.44. The maximum absolute atomic E-state index is 10.1. The van der Waals surface area contributed by atoms with Crippen LogP contribution in [0.1, 0.15) is 52.9 Å². The molecular weight excluding hydrogens is 252 g/mol. The number of rotatable bonds is 10. The standard InChI is InChI=1S/C16H34N2O2/c1-4-6-11-20-13-15(19)12-18-10-8-7-9-16(18)14(3)17-5-2/h14-17,19H,4-13H2,1-3H3. The van der Waals surface area contributed by atoms with Crippen molar-refractivity contribution in [3.63, 3.8) is 0 Å². The molecule has 4 heteroatoms. The second-order valence-electron chi connectivity index (χ2n) is 5.99. The normalized spacial score (nSPS) is 23.7. The Morgan fingerprint density at radius 3 is 2.85 bits per heavy atom. The van der Waals surface area contributed by atoms with Gasteiger partial charge in [0, 0.05) is 25.2 Å². The lowest BCUT2D eigenvalue weighted by Gasteiger charge is -2.40. The molecule has 120 valence electrons. The Morgan fingerprint density at radius 2 is 2.15 bits per heavy atom. The number of hydrogen-bond acceptors (Lipinski definition) is 4. The number of aliphatic hydroxyl groups is 1. The van der Waals surface area contributed by atoms with E-state index in [0.29, 0.717) is 18.7 Å². The van der Waals surface area contributed by atoms with Gasteiger partial charge in [0.25, 0.3) is 0 Å². The highest BCUT2D eigenvalue weighted by molar-refractivity contribution is 4.85. The Balaban J connectivity index is 2.33. The van der Waals surface area contributed by atoms with Crippen molar-refractivity contribution in [2.75, 3.05) is 32.8 Å². The van der Waals surface area contributed by atoms with Crippen LogP contribution in [0, 0.1) is 0 Å². The van der Waals surface area contributed by atoms with Crippen LogP contribution >= 0.6 is 0 Å².